The van der Waals surface area contributed by atoms with E-state index in [-0.39, 0.29) is 42.5 Å². The molecule has 1 N–H and O–H groups in total. The van der Waals surface area contributed by atoms with Gasteiger partial charge in [0.2, 0.25) is 5.91 Å². The first-order valence-corrected chi connectivity index (χ1v) is 7.72. The van der Waals surface area contributed by atoms with E-state index < -0.39 is 17.3 Å². The van der Waals surface area contributed by atoms with Crippen LogP contribution < -0.4 is 10.9 Å². The van der Waals surface area contributed by atoms with Gasteiger partial charge in [0.25, 0.3) is 5.56 Å². The summed E-state index contributed by atoms with van der Waals surface area (Å²) >= 11 is 0. The van der Waals surface area contributed by atoms with Crippen LogP contribution in [-0.4, -0.2) is 26.8 Å². The Morgan fingerprint density at radius 1 is 1.44 bits per heavy atom. The summed E-state index contributed by atoms with van der Waals surface area (Å²) in [6, 6.07) is 0.379. The molecule has 0 aromatic carbocycles. The summed E-state index contributed by atoms with van der Waals surface area (Å²) in [4.78, 5) is 23.9. The van der Waals surface area contributed by atoms with Gasteiger partial charge in [0.1, 0.15) is 0 Å². The lowest BCUT2D eigenvalue weighted by Crippen LogP contribution is -2.28. The highest BCUT2D eigenvalue weighted by molar-refractivity contribution is 5.80. The minimum absolute atomic E-state index is 0.0528. The van der Waals surface area contributed by atoms with E-state index in [0.717, 1.165) is 4.57 Å². The fraction of sp³-hybridized carbons (Fsp3) is 0.438. The van der Waals surface area contributed by atoms with E-state index in [1.165, 1.54) is 17.0 Å². The van der Waals surface area contributed by atoms with E-state index in [2.05, 4.69) is 17.0 Å². The van der Waals surface area contributed by atoms with Crippen molar-refractivity contribution in [3.63, 3.8) is 0 Å². The molecule has 0 saturated heterocycles. The van der Waals surface area contributed by atoms with E-state index in [1.54, 1.807) is 13.8 Å². The molecule has 0 radical (unpaired) electrons. The second-order valence-corrected chi connectivity index (χ2v) is 5.83. The fourth-order valence-electron chi connectivity index (χ4n) is 2.36. The van der Waals surface area contributed by atoms with E-state index in [9.17, 15) is 22.8 Å². The number of carbonyl (C=O) groups is 1. The molecule has 25 heavy (non-hydrogen) atoms. The Bertz CT molecular complexity index is 849. The summed E-state index contributed by atoms with van der Waals surface area (Å²) in [5.74, 6) is -0.330. The zero-order valence-corrected chi connectivity index (χ0v) is 13.9. The molecule has 2 aromatic rings. The Kier molecular flexibility index (Phi) is 5.34. The SMILES string of the molecule is C=CCNC(=O)CCn1c(=O)cc(C(F)(F)F)c2cn(C(C)C)nc21. The molecule has 9 heteroatoms. The second-order valence-electron chi connectivity index (χ2n) is 5.83. The van der Waals surface area contributed by atoms with E-state index in [1.807, 2.05) is 0 Å². The maximum absolute atomic E-state index is 13.2. The zero-order chi connectivity index (χ0) is 18.8. The fourth-order valence-corrected chi connectivity index (χ4v) is 2.36. The van der Waals surface area contributed by atoms with Gasteiger partial charge in [-0.25, -0.2) is 0 Å². The number of halogens is 3. The first kappa shape index (κ1) is 18.8. The van der Waals surface area contributed by atoms with E-state index in [4.69, 9.17) is 0 Å². The highest BCUT2D eigenvalue weighted by Crippen LogP contribution is 2.33. The van der Waals surface area contributed by atoms with Gasteiger partial charge in [-0.15, -0.1) is 6.58 Å². The van der Waals surface area contributed by atoms with Gasteiger partial charge in [0, 0.05) is 43.2 Å². The summed E-state index contributed by atoms with van der Waals surface area (Å²) in [7, 11) is 0. The number of hydrogen-bond acceptors (Lipinski definition) is 3. The topological polar surface area (TPSA) is 68.9 Å². The maximum atomic E-state index is 13.2. The largest absolute Gasteiger partial charge is 0.417 e. The Balaban J connectivity index is 2.50. The number of fused-ring (bicyclic) bond motifs is 1. The normalized spacial score (nSPS) is 11.9. The van der Waals surface area contributed by atoms with Gasteiger partial charge in [-0.2, -0.15) is 18.3 Å². The van der Waals surface area contributed by atoms with E-state index in [0.29, 0.717) is 6.07 Å². The van der Waals surface area contributed by atoms with Gasteiger partial charge >= 0.3 is 6.18 Å². The molecule has 2 rings (SSSR count). The summed E-state index contributed by atoms with van der Waals surface area (Å²) < 4.78 is 42.2. The number of carbonyl (C=O) groups excluding carboxylic acids is 1. The Hall–Kier alpha value is -2.58. The van der Waals surface area contributed by atoms with Crippen molar-refractivity contribution in [3.8, 4) is 0 Å². The van der Waals surface area contributed by atoms with Gasteiger partial charge in [-0.3, -0.25) is 18.8 Å². The van der Waals surface area contributed by atoms with Crippen LogP contribution in [0.25, 0.3) is 11.0 Å². The minimum atomic E-state index is -4.66. The van der Waals surface area contributed by atoms with Crippen LogP contribution in [0.15, 0.2) is 29.7 Å². The third kappa shape index (κ3) is 4.09. The molecule has 0 atom stereocenters. The molecule has 136 valence electrons. The zero-order valence-electron chi connectivity index (χ0n) is 13.9. The summed E-state index contributed by atoms with van der Waals surface area (Å²) in [6.07, 6.45) is -1.94. The predicted octanol–water partition coefficient (Wildman–Crippen LogP) is 2.49. The minimum Gasteiger partial charge on any atom is -0.353 e. The maximum Gasteiger partial charge on any atom is 0.417 e. The molecule has 6 nitrogen and oxygen atoms in total. The number of alkyl halides is 3. The van der Waals surface area contributed by atoms with Crippen LogP contribution >= 0.6 is 0 Å². The first-order valence-electron chi connectivity index (χ1n) is 7.72. The Morgan fingerprint density at radius 3 is 2.68 bits per heavy atom. The van der Waals surface area contributed by atoms with Crippen molar-refractivity contribution in [1.82, 2.24) is 19.7 Å². The van der Waals surface area contributed by atoms with Crippen LogP contribution in [0.2, 0.25) is 0 Å². The first-order chi connectivity index (χ1) is 11.6. The predicted molar refractivity (Wildman–Crippen MR) is 87.2 cm³/mol. The number of rotatable bonds is 6. The smallest absolute Gasteiger partial charge is 0.353 e. The number of aromatic nitrogens is 3. The molecule has 1 amide bonds. The molecule has 2 heterocycles. The molecule has 0 aliphatic heterocycles. The lowest BCUT2D eigenvalue weighted by atomic mass is 10.2. The molecule has 0 fully saturated rings. The van der Waals surface area contributed by atoms with Crippen LogP contribution in [0.3, 0.4) is 0 Å². The third-order valence-corrected chi connectivity index (χ3v) is 3.63. The van der Waals surface area contributed by atoms with Crippen molar-refractivity contribution in [2.45, 2.75) is 39.0 Å². The summed E-state index contributed by atoms with van der Waals surface area (Å²) in [5.41, 5.74) is -1.94. The summed E-state index contributed by atoms with van der Waals surface area (Å²) in [5, 5.41) is 6.51. The average molecular weight is 356 g/mol. The highest BCUT2D eigenvalue weighted by atomic mass is 19.4. The highest BCUT2D eigenvalue weighted by Gasteiger charge is 2.35. The number of pyridine rings is 1. The number of hydrogen-bond donors (Lipinski definition) is 1. The van der Waals surface area contributed by atoms with Crippen LogP contribution in [-0.2, 0) is 17.5 Å². The average Bonchev–Trinajstić information content (AvgIpc) is 2.95. The van der Waals surface area contributed by atoms with Crippen molar-refractivity contribution in [3.05, 3.63) is 40.8 Å². The van der Waals surface area contributed by atoms with Crippen molar-refractivity contribution in [1.29, 1.82) is 0 Å². The monoisotopic (exact) mass is 356 g/mol. The van der Waals surface area contributed by atoms with Gasteiger partial charge in [0.15, 0.2) is 5.65 Å². The van der Waals surface area contributed by atoms with Crippen molar-refractivity contribution in [2.24, 2.45) is 0 Å². The van der Waals surface area contributed by atoms with Crippen LogP contribution in [0, 0.1) is 0 Å². The van der Waals surface area contributed by atoms with Gasteiger partial charge in [0.05, 0.1) is 5.56 Å². The quantitative estimate of drug-likeness (QED) is 0.809. The van der Waals surface area contributed by atoms with Crippen LogP contribution in [0.5, 0.6) is 0 Å². The molecular formula is C16H19F3N4O2. The Morgan fingerprint density at radius 2 is 2.12 bits per heavy atom. The Labute approximate surface area is 141 Å². The van der Waals surface area contributed by atoms with Crippen LogP contribution in [0.1, 0.15) is 31.9 Å². The molecule has 0 aliphatic carbocycles. The number of nitrogens with zero attached hydrogens (tertiary/aromatic N) is 3. The molecule has 2 aromatic heterocycles. The molecule has 0 saturated carbocycles. The van der Waals surface area contributed by atoms with Crippen molar-refractivity contribution < 1.29 is 18.0 Å². The van der Waals surface area contributed by atoms with Crippen molar-refractivity contribution in [2.75, 3.05) is 6.54 Å². The standard InChI is InChI=1S/C16H19F3N4O2/c1-4-6-20-13(24)5-7-22-14(25)8-12(16(17,18)19)11-9-23(10(2)3)21-15(11)22/h4,8-10H,1,5-7H2,2-3H3,(H,20,24). The van der Waals surface area contributed by atoms with Gasteiger partial charge < -0.3 is 5.32 Å². The van der Waals surface area contributed by atoms with E-state index >= 15 is 0 Å². The molecular weight excluding hydrogens is 337 g/mol. The molecule has 0 bridgehead atoms. The second kappa shape index (κ2) is 7.12. The lowest BCUT2D eigenvalue weighted by Gasteiger charge is -2.11. The number of amides is 1. The number of nitrogens with one attached hydrogen (secondary N) is 1. The molecule has 0 aliphatic rings. The lowest BCUT2D eigenvalue weighted by molar-refractivity contribution is -0.136. The van der Waals surface area contributed by atoms with Gasteiger partial charge in [-0.1, -0.05) is 6.08 Å². The van der Waals surface area contributed by atoms with Crippen molar-refractivity contribution >= 4 is 16.9 Å². The molecule has 0 spiro atoms. The third-order valence-electron chi connectivity index (χ3n) is 3.63. The van der Waals surface area contributed by atoms with Crippen LogP contribution in [0.4, 0.5) is 13.2 Å². The molecule has 0 unspecified atom stereocenters. The number of aryl methyl sites for hydroxylation is 1. The summed E-state index contributed by atoms with van der Waals surface area (Å²) in [6.45, 7) is 7.22. The van der Waals surface area contributed by atoms with Gasteiger partial charge in [-0.05, 0) is 13.8 Å².